The van der Waals surface area contributed by atoms with Gasteiger partial charge in [-0.1, -0.05) is 43.2 Å². The molecule has 1 fully saturated rings. The summed E-state index contributed by atoms with van der Waals surface area (Å²) in [5.74, 6) is 0.235. The lowest BCUT2D eigenvalue weighted by molar-refractivity contribution is -0.128. The van der Waals surface area contributed by atoms with Crippen molar-refractivity contribution in [2.45, 2.75) is 31.1 Å². The molecule has 16 heavy (non-hydrogen) atoms. The van der Waals surface area contributed by atoms with Gasteiger partial charge in [-0.3, -0.25) is 4.79 Å². The number of ketones is 1. The molecule has 0 N–H and O–H groups in total. The third-order valence-electron chi connectivity index (χ3n) is 3.59. The van der Waals surface area contributed by atoms with Gasteiger partial charge in [0.15, 0.2) is 5.78 Å². The fraction of sp³-hybridized carbons (Fsp3) is 0.500. The van der Waals surface area contributed by atoms with Gasteiger partial charge in [0, 0.05) is 7.11 Å². The van der Waals surface area contributed by atoms with E-state index in [-0.39, 0.29) is 17.8 Å². The smallest absolute Gasteiger partial charge is 0.168 e. The van der Waals surface area contributed by atoms with Gasteiger partial charge in [-0.25, -0.2) is 0 Å². The minimum absolute atomic E-state index is 0.231. The molecule has 1 aliphatic carbocycles. The van der Waals surface area contributed by atoms with Crippen LogP contribution in [0.25, 0.3) is 0 Å². The number of ether oxygens (including phenoxy) is 1. The van der Waals surface area contributed by atoms with Crippen LogP contribution >= 0.6 is 0 Å². The molecular formula is C14H18O2. The van der Waals surface area contributed by atoms with E-state index in [1.807, 2.05) is 18.2 Å². The lowest BCUT2D eigenvalue weighted by Crippen LogP contribution is -2.35. The molecule has 0 aliphatic heterocycles. The van der Waals surface area contributed by atoms with E-state index in [0.29, 0.717) is 0 Å². The summed E-state index contributed by atoms with van der Waals surface area (Å²) in [6.07, 6.45) is 4.23. The molecule has 86 valence electrons. The normalized spacial score (nSPS) is 18.6. The van der Waals surface area contributed by atoms with Gasteiger partial charge < -0.3 is 4.74 Å². The van der Waals surface area contributed by atoms with E-state index < -0.39 is 0 Å². The quantitative estimate of drug-likeness (QED) is 0.776. The lowest BCUT2D eigenvalue weighted by Gasteiger charge is -2.27. The molecule has 2 heteroatoms. The van der Waals surface area contributed by atoms with Gasteiger partial charge in [0.25, 0.3) is 0 Å². The van der Waals surface area contributed by atoms with Crippen molar-refractivity contribution >= 4 is 5.78 Å². The number of methoxy groups -OCH3 is 1. The molecule has 0 atom stereocenters. The predicted molar refractivity (Wildman–Crippen MR) is 63.5 cm³/mol. The molecule has 1 aliphatic rings. The zero-order valence-electron chi connectivity index (χ0n) is 9.74. The fourth-order valence-corrected chi connectivity index (χ4v) is 2.73. The second kappa shape index (κ2) is 4.79. The molecule has 0 bridgehead atoms. The van der Waals surface area contributed by atoms with Crippen LogP contribution < -0.4 is 0 Å². The number of Topliss-reactive ketones (excluding diaryl/α,β-unsaturated/α-hetero) is 1. The summed E-state index contributed by atoms with van der Waals surface area (Å²) < 4.78 is 5.01. The van der Waals surface area contributed by atoms with Gasteiger partial charge >= 0.3 is 0 Å². The van der Waals surface area contributed by atoms with Crippen molar-refractivity contribution in [2.24, 2.45) is 0 Å². The molecule has 1 aromatic rings. The number of carbonyl (C=O) groups excluding carboxylic acids is 1. The number of carbonyl (C=O) groups is 1. The van der Waals surface area contributed by atoms with Crippen LogP contribution in [0, 0.1) is 0 Å². The fourth-order valence-electron chi connectivity index (χ4n) is 2.73. The van der Waals surface area contributed by atoms with Crippen LogP contribution in [0.2, 0.25) is 0 Å². The van der Waals surface area contributed by atoms with Crippen molar-refractivity contribution in [2.75, 3.05) is 13.7 Å². The second-order valence-electron chi connectivity index (χ2n) is 4.51. The van der Waals surface area contributed by atoms with Crippen LogP contribution in [0.15, 0.2) is 30.3 Å². The van der Waals surface area contributed by atoms with E-state index in [1.165, 1.54) is 0 Å². The van der Waals surface area contributed by atoms with Crippen molar-refractivity contribution in [1.29, 1.82) is 0 Å². The van der Waals surface area contributed by atoms with Gasteiger partial charge in [-0.2, -0.15) is 0 Å². The molecule has 0 spiro atoms. The molecule has 2 nitrogen and oxygen atoms in total. The van der Waals surface area contributed by atoms with E-state index in [4.69, 9.17) is 4.74 Å². The molecule has 0 unspecified atom stereocenters. The topological polar surface area (TPSA) is 26.3 Å². The number of benzene rings is 1. The van der Waals surface area contributed by atoms with Crippen molar-refractivity contribution in [3.63, 3.8) is 0 Å². The highest BCUT2D eigenvalue weighted by atomic mass is 16.5. The first-order valence-electron chi connectivity index (χ1n) is 5.87. The average Bonchev–Trinajstić information content (AvgIpc) is 2.81. The predicted octanol–water partition coefficient (Wildman–Crippen LogP) is 2.71. The van der Waals surface area contributed by atoms with Crippen LogP contribution in [0.5, 0.6) is 0 Å². The summed E-state index contributed by atoms with van der Waals surface area (Å²) in [6.45, 7) is 0.231. The van der Waals surface area contributed by atoms with Crippen LogP contribution in [-0.4, -0.2) is 19.5 Å². The third-order valence-corrected chi connectivity index (χ3v) is 3.59. The summed E-state index contributed by atoms with van der Waals surface area (Å²) in [6, 6.07) is 10.1. The molecule has 1 aromatic carbocycles. The number of hydrogen-bond donors (Lipinski definition) is 0. The lowest BCUT2D eigenvalue weighted by atomic mass is 9.75. The molecule has 1 saturated carbocycles. The Labute approximate surface area is 96.6 Å². The van der Waals surface area contributed by atoms with Crippen molar-refractivity contribution in [1.82, 2.24) is 0 Å². The maximum absolute atomic E-state index is 12.2. The van der Waals surface area contributed by atoms with Gasteiger partial charge in [-0.15, -0.1) is 0 Å². The monoisotopic (exact) mass is 218 g/mol. The Hall–Kier alpha value is -1.15. The van der Waals surface area contributed by atoms with E-state index >= 15 is 0 Å². The number of hydrogen-bond acceptors (Lipinski definition) is 2. The summed E-state index contributed by atoms with van der Waals surface area (Å²) in [7, 11) is 1.59. The van der Waals surface area contributed by atoms with Crippen LogP contribution in [0.1, 0.15) is 31.2 Å². The third kappa shape index (κ3) is 1.90. The van der Waals surface area contributed by atoms with E-state index in [0.717, 1.165) is 31.2 Å². The van der Waals surface area contributed by atoms with Gasteiger partial charge in [0.05, 0.1) is 5.41 Å². The van der Waals surface area contributed by atoms with E-state index in [9.17, 15) is 4.79 Å². The maximum Gasteiger partial charge on any atom is 0.168 e. The molecule has 0 saturated heterocycles. The Bertz CT molecular complexity index is 350. The van der Waals surface area contributed by atoms with Crippen molar-refractivity contribution in [3.05, 3.63) is 35.9 Å². The molecule has 2 rings (SSSR count). The maximum atomic E-state index is 12.2. The average molecular weight is 218 g/mol. The molecule has 0 amide bonds. The van der Waals surface area contributed by atoms with Gasteiger partial charge in [0.2, 0.25) is 0 Å². The minimum atomic E-state index is -0.267. The number of rotatable bonds is 4. The SMILES string of the molecule is COCC(=O)C1(c2ccccc2)CCCC1. The van der Waals surface area contributed by atoms with E-state index in [2.05, 4.69) is 12.1 Å². The molecule has 0 aromatic heterocycles. The summed E-state index contributed by atoms with van der Waals surface area (Å²) in [5.41, 5.74) is 0.895. The van der Waals surface area contributed by atoms with Gasteiger partial charge in [0.1, 0.15) is 6.61 Å². The highest BCUT2D eigenvalue weighted by Gasteiger charge is 2.41. The zero-order chi connectivity index (χ0) is 11.4. The zero-order valence-corrected chi connectivity index (χ0v) is 9.74. The highest BCUT2D eigenvalue weighted by Crippen LogP contribution is 2.41. The summed E-state index contributed by atoms with van der Waals surface area (Å²) in [5, 5.41) is 0. The van der Waals surface area contributed by atoms with Crippen LogP contribution in [0.3, 0.4) is 0 Å². The van der Waals surface area contributed by atoms with Crippen LogP contribution in [0.4, 0.5) is 0 Å². The Morgan fingerprint density at radius 2 is 1.88 bits per heavy atom. The Balaban J connectivity index is 2.32. The van der Waals surface area contributed by atoms with Gasteiger partial charge in [-0.05, 0) is 18.4 Å². The van der Waals surface area contributed by atoms with Crippen LogP contribution in [-0.2, 0) is 14.9 Å². The highest BCUT2D eigenvalue weighted by molar-refractivity contribution is 5.91. The first-order chi connectivity index (χ1) is 7.79. The Kier molecular flexibility index (Phi) is 3.39. The standard InChI is InChI=1S/C14H18O2/c1-16-11-13(15)14(9-5-6-10-14)12-7-3-2-4-8-12/h2-4,7-8H,5-6,9-11H2,1H3. The minimum Gasteiger partial charge on any atom is -0.377 e. The first-order valence-corrected chi connectivity index (χ1v) is 5.87. The molecule has 0 heterocycles. The van der Waals surface area contributed by atoms with E-state index in [1.54, 1.807) is 7.11 Å². The molecule has 0 radical (unpaired) electrons. The summed E-state index contributed by atoms with van der Waals surface area (Å²) in [4.78, 5) is 12.2. The first kappa shape index (κ1) is 11.3. The molecular weight excluding hydrogens is 200 g/mol. The Morgan fingerprint density at radius 1 is 1.25 bits per heavy atom. The summed E-state index contributed by atoms with van der Waals surface area (Å²) >= 11 is 0. The van der Waals surface area contributed by atoms with Crippen molar-refractivity contribution < 1.29 is 9.53 Å². The Morgan fingerprint density at radius 3 is 2.44 bits per heavy atom. The van der Waals surface area contributed by atoms with Crippen molar-refractivity contribution in [3.8, 4) is 0 Å². The second-order valence-corrected chi connectivity index (χ2v) is 4.51. The largest absolute Gasteiger partial charge is 0.377 e.